The van der Waals surface area contributed by atoms with Crippen LogP contribution in [0.15, 0.2) is 36.7 Å². The van der Waals surface area contributed by atoms with E-state index in [1.165, 1.54) is 24.5 Å². The van der Waals surface area contributed by atoms with Crippen LogP contribution in [0.1, 0.15) is 43.6 Å². The minimum Gasteiger partial charge on any atom is -0.507 e. The third-order valence-corrected chi connectivity index (χ3v) is 7.34. The van der Waals surface area contributed by atoms with Crippen molar-refractivity contribution in [2.75, 3.05) is 19.0 Å². The second-order valence-corrected chi connectivity index (χ2v) is 10.00. The molecule has 2 aliphatic rings. The molecule has 9 nitrogen and oxygen atoms in total. The Morgan fingerprint density at radius 3 is 2.77 bits per heavy atom. The third-order valence-electron chi connectivity index (χ3n) is 7.34. The van der Waals surface area contributed by atoms with Gasteiger partial charge in [-0.3, -0.25) is 0 Å². The molecule has 2 aromatic heterocycles. The number of aromatic nitrogens is 5. The molecule has 184 valence electrons. The van der Waals surface area contributed by atoms with Crippen molar-refractivity contribution in [2.24, 2.45) is 0 Å². The van der Waals surface area contributed by atoms with E-state index < -0.39 is 18.7 Å². The fraction of sp³-hybridized carbons (Fsp3) is 0.480. The summed E-state index contributed by atoms with van der Waals surface area (Å²) in [6.07, 6.45) is 5.33. The van der Waals surface area contributed by atoms with Crippen molar-refractivity contribution in [3.8, 4) is 34.1 Å². The Morgan fingerprint density at radius 2 is 2.03 bits per heavy atom. The molecule has 2 bridgehead atoms. The van der Waals surface area contributed by atoms with Gasteiger partial charge >= 0.3 is 0 Å². The van der Waals surface area contributed by atoms with Crippen molar-refractivity contribution in [3.05, 3.63) is 36.7 Å². The van der Waals surface area contributed by atoms with Crippen LogP contribution in [0.3, 0.4) is 0 Å². The molecule has 2 fully saturated rings. The zero-order chi connectivity index (χ0) is 27.3. The number of nitrogens with zero attached hydrogens (tertiary/aromatic N) is 6. The van der Waals surface area contributed by atoms with Gasteiger partial charge in [-0.15, -0.1) is 15.3 Å². The fourth-order valence-electron chi connectivity index (χ4n) is 5.52. The van der Waals surface area contributed by atoms with Gasteiger partial charge in [-0.1, -0.05) is 6.07 Å². The topological polar surface area (TPSA) is 109 Å². The maximum absolute atomic E-state index is 15.6. The number of benzene rings is 1. The number of phenols is 1. The molecule has 35 heavy (non-hydrogen) atoms. The fourth-order valence-corrected chi connectivity index (χ4v) is 5.52. The molecule has 0 aliphatic carbocycles. The zero-order valence-electron chi connectivity index (χ0n) is 22.9. The van der Waals surface area contributed by atoms with Crippen molar-refractivity contribution in [3.63, 3.8) is 0 Å². The van der Waals surface area contributed by atoms with E-state index in [0.29, 0.717) is 28.9 Å². The number of ether oxygens (including phenoxy) is 1. The van der Waals surface area contributed by atoms with Gasteiger partial charge < -0.3 is 20.1 Å². The second-order valence-electron chi connectivity index (χ2n) is 10.00. The maximum atomic E-state index is 15.6. The number of anilines is 1. The third kappa shape index (κ3) is 4.27. The molecule has 4 atom stereocenters. The Labute approximate surface area is 208 Å². The molecule has 0 unspecified atom stereocenters. The molecule has 5 rings (SSSR count). The van der Waals surface area contributed by atoms with Crippen molar-refractivity contribution < 1.29 is 18.3 Å². The summed E-state index contributed by atoms with van der Waals surface area (Å²) in [5.74, 6) is 0.406. The lowest BCUT2D eigenvalue weighted by molar-refractivity contribution is 0.00193. The van der Waals surface area contributed by atoms with Crippen LogP contribution in [0.5, 0.6) is 11.6 Å². The first-order valence-electron chi connectivity index (χ1n) is 13.1. The van der Waals surface area contributed by atoms with E-state index in [-0.39, 0.29) is 29.0 Å². The maximum Gasteiger partial charge on any atom is 0.233 e. The highest BCUT2D eigenvalue weighted by molar-refractivity contribution is 5.72. The van der Waals surface area contributed by atoms with Gasteiger partial charge in [0.1, 0.15) is 11.9 Å². The van der Waals surface area contributed by atoms with Gasteiger partial charge in [-0.2, -0.15) is 5.10 Å². The number of piperidine rings is 2. The monoisotopic (exact) mass is 482 g/mol. The minimum atomic E-state index is -2.66. The highest BCUT2D eigenvalue weighted by Crippen LogP contribution is 2.43. The Hall–Kier alpha value is -3.40. The van der Waals surface area contributed by atoms with Crippen molar-refractivity contribution in [1.29, 1.82) is 0 Å². The normalized spacial score (nSPS) is 29.5. The Balaban J connectivity index is 1.35. The van der Waals surface area contributed by atoms with Crippen molar-refractivity contribution in [2.45, 2.75) is 62.8 Å². The Bertz CT molecular complexity index is 1330. The van der Waals surface area contributed by atoms with E-state index in [0.717, 1.165) is 19.3 Å². The smallest absolute Gasteiger partial charge is 0.233 e. The first-order valence-corrected chi connectivity index (χ1v) is 11.6. The second kappa shape index (κ2) is 8.67. The Kier molecular flexibility index (Phi) is 4.92. The van der Waals surface area contributed by atoms with Crippen LogP contribution in [0.2, 0.25) is 0 Å². The number of phenolic OH excluding ortho intramolecular Hbond substituents is 1. The number of rotatable bonds is 5. The minimum absolute atomic E-state index is 0.101. The molecule has 3 aromatic rings. The molecule has 2 aliphatic heterocycles. The highest BCUT2D eigenvalue weighted by Gasteiger charge is 2.53. The first-order chi connectivity index (χ1) is 17.9. The quantitative estimate of drug-likeness (QED) is 0.564. The number of nitrogens with one attached hydrogen (secondary N) is 1. The summed E-state index contributed by atoms with van der Waals surface area (Å²) < 4.78 is 42.1. The van der Waals surface area contributed by atoms with E-state index in [1.54, 1.807) is 12.1 Å². The summed E-state index contributed by atoms with van der Waals surface area (Å²) in [7, 11) is -0.840. The molecule has 2 N–H and O–H groups in total. The SMILES string of the molecule is [2H]C([2H])([2H])Oc1cc(-c2ccc(-c3ncc(N(C)[C@H]4C[C@]5(C)CCC[C@@](C)(N5)[C@H]4F)nn3)c(O)c2)cnn1. The average Bonchev–Trinajstić information content (AvgIpc) is 2.85. The van der Waals surface area contributed by atoms with Gasteiger partial charge in [0.15, 0.2) is 11.6 Å². The van der Waals surface area contributed by atoms with Crippen molar-refractivity contribution >= 4 is 5.82 Å². The van der Waals surface area contributed by atoms with Gasteiger partial charge in [-0.05, 0) is 57.2 Å². The summed E-state index contributed by atoms with van der Waals surface area (Å²) in [6.45, 7) is 4.11. The highest BCUT2D eigenvalue weighted by atomic mass is 19.1. The number of methoxy groups -OCH3 is 1. The number of aromatic hydroxyl groups is 1. The largest absolute Gasteiger partial charge is 0.507 e. The summed E-state index contributed by atoms with van der Waals surface area (Å²) in [5, 5.41) is 30.2. The summed E-state index contributed by atoms with van der Waals surface area (Å²) in [6, 6.07) is 5.87. The van der Waals surface area contributed by atoms with E-state index >= 15 is 4.39 Å². The van der Waals surface area contributed by atoms with Crippen LogP contribution in [0, 0.1) is 0 Å². The predicted octanol–water partition coefficient (Wildman–Crippen LogP) is 3.55. The number of fused-ring (bicyclic) bond motifs is 2. The molecule has 2 saturated heterocycles. The summed E-state index contributed by atoms with van der Waals surface area (Å²) in [4.78, 5) is 6.21. The molecule has 10 heteroatoms. The molecule has 0 amide bonds. The first kappa shape index (κ1) is 19.9. The number of hydrogen-bond acceptors (Lipinski definition) is 9. The molecular weight excluding hydrogens is 449 g/mol. The van der Waals surface area contributed by atoms with Gasteiger partial charge in [-0.25, -0.2) is 9.37 Å². The molecule has 1 aromatic carbocycles. The van der Waals surface area contributed by atoms with Crippen LogP contribution in [-0.2, 0) is 0 Å². The summed E-state index contributed by atoms with van der Waals surface area (Å²) in [5.41, 5.74) is 0.714. The predicted molar refractivity (Wildman–Crippen MR) is 130 cm³/mol. The van der Waals surface area contributed by atoms with Crippen LogP contribution in [0.4, 0.5) is 10.2 Å². The van der Waals surface area contributed by atoms with Crippen LogP contribution >= 0.6 is 0 Å². The number of hydrogen-bond donors (Lipinski definition) is 2. The molecule has 0 radical (unpaired) electrons. The van der Waals surface area contributed by atoms with E-state index in [4.69, 9.17) is 8.85 Å². The summed E-state index contributed by atoms with van der Waals surface area (Å²) >= 11 is 0. The van der Waals surface area contributed by atoms with E-state index in [9.17, 15) is 5.11 Å². The molecule has 4 heterocycles. The standard InChI is InChI=1S/C25H30FN7O2/c1-24-8-5-9-25(2,32-24)22(26)18(12-24)33(3)20-14-27-23(31-29-20)17-7-6-15(10-19(17)34)16-11-21(35-4)30-28-13-16/h6-7,10-11,13-14,18,22,32,34H,5,8-9,12H2,1-4H3/t18-,22-,24-,25+/m0/s1/i4D3. The molecular formula is C25H30FN7O2. The van der Waals surface area contributed by atoms with Crippen molar-refractivity contribution in [1.82, 2.24) is 30.7 Å². The molecule has 0 spiro atoms. The van der Waals surface area contributed by atoms with Gasteiger partial charge in [0.2, 0.25) is 5.88 Å². The molecule has 0 saturated carbocycles. The Morgan fingerprint density at radius 1 is 1.17 bits per heavy atom. The van der Waals surface area contributed by atoms with Crippen LogP contribution in [0.25, 0.3) is 22.5 Å². The number of halogens is 1. The van der Waals surface area contributed by atoms with E-state index in [2.05, 4.69) is 37.6 Å². The average molecular weight is 483 g/mol. The van der Waals surface area contributed by atoms with E-state index in [1.807, 2.05) is 18.9 Å². The van der Waals surface area contributed by atoms with Gasteiger partial charge in [0, 0.05) is 29.8 Å². The van der Waals surface area contributed by atoms with Crippen LogP contribution in [-0.4, -0.2) is 67.9 Å². The van der Waals surface area contributed by atoms with Gasteiger partial charge in [0.25, 0.3) is 0 Å². The lowest BCUT2D eigenvalue weighted by Gasteiger charge is -2.56. The van der Waals surface area contributed by atoms with Gasteiger partial charge in [0.05, 0.1) is 35.1 Å². The lowest BCUT2D eigenvalue weighted by atomic mass is 9.68. The van der Waals surface area contributed by atoms with Crippen LogP contribution < -0.4 is 15.0 Å². The number of alkyl halides is 1. The lowest BCUT2D eigenvalue weighted by Crippen LogP contribution is -2.72. The zero-order valence-corrected chi connectivity index (χ0v) is 19.9.